The Labute approximate surface area is 121 Å². The summed E-state index contributed by atoms with van der Waals surface area (Å²) in [6.07, 6.45) is -1.32. The lowest BCUT2D eigenvalue weighted by Crippen LogP contribution is -2.31. The summed E-state index contributed by atoms with van der Waals surface area (Å²) in [4.78, 5) is 11.1. The lowest BCUT2D eigenvalue weighted by molar-refractivity contribution is -0.153. The number of carboxylic acids is 1. The summed E-state index contributed by atoms with van der Waals surface area (Å²) in [5.41, 5.74) is -1.19. The van der Waals surface area contributed by atoms with Gasteiger partial charge in [-0.15, -0.1) is 0 Å². The number of carboxylic acid groups (broad SMARTS) is 1. The molecule has 0 spiro atoms. The predicted octanol–water partition coefficient (Wildman–Crippen LogP) is 2.83. The summed E-state index contributed by atoms with van der Waals surface area (Å²) in [5.74, 6) is -1.33. The van der Waals surface area contributed by atoms with E-state index >= 15 is 0 Å². The van der Waals surface area contributed by atoms with E-state index in [0.29, 0.717) is 0 Å². The van der Waals surface area contributed by atoms with Crippen LogP contribution in [-0.4, -0.2) is 29.4 Å². The van der Waals surface area contributed by atoms with Gasteiger partial charge in [0.1, 0.15) is 0 Å². The molecule has 0 bridgehead atoms. The molecule has 2 N–H and O–H groups in total. The van der Waals surface area contributed by atoms with E-state index in [9.17, 15) is 18.7 Å². The van der Waals surface area contributed by atoms with Gasteiger partial charge >= 0.3 is 12.6 Å². The number of aliphatic hydroxyl groups excluding tert-OH is 1. The molecule has 1 atom stereocenters. The highest BCUT2D eigenvalue weighted by atomic mass is 19.3. The predicted molar refractivity (Wildman–Crippen MR) is 70.6 cm³/mol. The van der Waals surface area contributed by atoms with Gasteiger partial charge in [-0.1, -0.05) is 6.07 Å². The maximum Gasteiger partial charge on any atom is 0.387 e. The second kappa shape index (κ2) is 6.71. The smallest absolute Gasteiger partial charge is 0.387 e. The van der Waals surface area contributed by atoms with Crippen LogP contribution in [0.3, 0.4) is 0 Å². The molecule has 0 saturated heterocycles. The first-order chi connectivity index (χ1) is 9.70. The topological polar surface area (TPSA) is 76.0 Å². The molecule has 0 aliphatic carbocycles. The molecule has 0 fully saturated rings. The molecule has 21 heavy (non-hydrogen) atoms. The molecule has 1 aromatic carbocycles. The van der Waals surface area contributed by atoms with Gasteiger partial charge in [0, 0.05) is 0 Å². The summed E-state index contributed by atoms with van der Waals surface area (Å²) in [5, 5.41) is 19.3. The molecule has 1 unspecified atom stereocenters. The second-order valence-electron chi connectivity index (χ2n) is 4.95. The second-order valence-corrected chi connectivity index (χ2v) is 4.95. The maximum absolute atomic E-state index is 12.3. The summed E-state index contributed by atoms with van der Waals surface area (Å²) >= 11 is 0. The zero-order valence-electron chi connectivity index (χ0n) is 12.0. The molecule has 0 aliphatic rings. The number of halogens is 2. The molecule has 5 nitrogen and oxygen atoms in total. The highest BCUT2D eigenvalue weighted by Crippen LogP contribution is 2.38. The van der Waals surface area contributed by atoms with Crippen molar-refractivity contribution >= 4 is 5.97 Å². The number of carbonyl (C=O) groups is 1. The molecule has 0 heterocycles. The molecule has 1 aromatic rings. The van der Waals surface area contributed by atoms with E-state index in [1.807, 2.05) is 0 Å². The SMILES string of the molecule is CCOc1cc(C(O)C(C)(C)C(=O)O)ccc1OC(F)F. The van der Waals surface area contributed by atoms with E-state index in [4.69, 9.17) is 9.84 Å². The molecule has 118 valence electrons. The van der Waals surface area contributed by atoms with E-state index in [1.54, 1.807) is 6.92 Å². The Hall–Kier alpha value is -1.89. The molecular weight excluding hydrogens is 286 g/mol. The summed E-state index contributed by atoms with van der Waals surface area (Å²) in [7, 11) is 0. The molecular formula is C14H18F2O5. The third kappa shape index (κ3) is 4.04. The number of hydrogen-bond donors (Lipinski definition) is 2. The average molecular weight is 304 g/mol. The van der Waals surface area contributed by atoms with Crippen LogP contribution in [0.25, 0.3) is 0 Å². The van der Waals surface area contributed by atoms with Gasteiger partial charge in [-0.05, 0) is 38.5 Å². The van der Waals surface area contributed by atoms with Crippen molar-refractivity contribution in [3.05, 3.63) is 23.8 Å². The number of hydrogen-bond acceptors (Lipinski definition) is 4. The maximum atomic E-state index is 12.3. The third-order valence-electron chi connectivity index (χ3n) is 3.03. The molecule has 0 aromatic heterocycles. The van der Waals surface area contributed by atoms with Gasteiger partial charge in [0.25, 0.3) is 0 Å². The monoisotopic (exact) mass is 304 g/mol. The van der Waals surface area contributed by atoms with Crippen LogP contribution in [0.4, 0.5) is 8.78 Å². The fraction of sp³-hybridized carbons (Fsp3) is 0.500. The van der Waals surface area contributed by atoms with Crippen LogP contribution in [0.5, 0.6) is 11.5 Å². The normalized spacial score (nSPS) is 13.1. The van der Waals surface area contributed by atoms with Crippen molar-refractivity contribution in [2.75, 3.05) is 6.61 Å². The van der Waals surface area contributed by atoms with Crippen LogP contribution >= 0.6 is 0 Å². The van der Waals surface area contributed by atoms with Crippen LogP contribution in [0, 0.1) is 5.41 Å². The lowest BCUT2D eigenvalue weighted by Gasteiger charge is -2.26. The average Bonchev–Trinajstić information content (AvgIpc) is 2.39. The molecule has 0 aliphatic heterocycles. The summed E-state index contributed by atoms with van der Waals surface area (Å²) in [6, 6.07) is 3.85. The van der Waals surface area contributed by atoms with Crippen molar-refractivity contribution in [3.63, 3.8) is 0 Å². The quantitative estimate of drug-likeness (QED) is 0.810. The Bertz CT molecular complexity index is 502. The van der Waals surface area contributed by atoms with Crippen molar-refractivity contribution in [2.45, 2.75) is 33.5 Å². The Morgan fingerprint density at radius 1 is 1.33 bits per heavy atom. The fourth-order valence-corrected chi connectivity index (χ4v) is 1.69. The number of aliphatic hydroxyl groups is 1. The number of aliphatic carboxylic acids is 1. The van der Waals surface area contributed by atoms with E-state index in [-0.39, 0.29) is 23.7 Å². The largest absolute Gasteiger partial charge is 0.490 e. The summed E-state index contributed by atoms with van der Waals surface area (Å²) in [6.45, 7) is 1.60. The summed E-state index contributed by atoms with van der Waals surface area (Å²) < 4.78 is 34.1. The van der Waals surface area contributed by atoms with Crippen LogP contribution in [0.2, 0.25) is 0 Å². The highest BCUT2D eigenvalue weighted by Gasteiger charge is 2.37. The number of benzene rings is 1. The van der Waals surface area contributed by atoms with Gasteiger partial charge in [-0.25, -0.2) is 0 Å². The molecule has 0 radical (unpaired) electrons. The molecule has 0 saturated carbocycles. The zero-order valence-corrected chi connectivity index (χ0v) is 12.0. The van der Waals surface area contributed by atoms with Crippen LogP contribution < -0.4 is 9.47 Å². The van der Waals surface area contributed by atoms with Gasteiger partial charge < -0.3 is 19.7 Å². The Morgan fingerprint density at radius 3 is 2.43 bits per heavy atom. The standard InChI is InChI=1S/C14H18F2O5/c1-4-20-10-7-8(5-6-9(10)21-13(15)16)11(17)14(2,3)12(18)19/h5-7,11,13,17H,4H2,1-3H3,(H,18,19). The van der Waals surface area contributed by atoms with Gasteiger partial charge in [0.05, 0.1) is 18.1 Å². The minimum atomic E-state index is -3.00. The molecule has 1 rings (SSSR count). The number of ether oxygens (including phenoxy) is 2. The van der Waals surface area contributed by atoms with Crippen molar-refractivity contribution in [1.29, 1.82) is 0 Å². The van der Waals surface area contributed by atoms with Gasteiger partial charge in [-0.3, -0.25) is 4.79 Å². The Kier molecular flexibility index (Phi) is 5.48. The Morgan fingerprint density at radius 2 is 1.95 bits per heavy atom. The van der Waals surface area contributed by atoms with Gasteiger partial charge in [-0.2, -0.15) is 8.78 Å². The molecule has 0 amide bonds. The van der Waals surface area contributed by atoms with Gasteiger partial charge in [0.15, 0.2) is 11.5 Å². The van der Waals surface area contributed by atoms with Gasteiger partial charge in [0.2, 0.25) is 0 Å². The van der Waals surface area contributed by atoms with E-state index in [2.05, 4.69) is 4.74 Å². The van der Waals surface area contributed by atoms with Crippen LogP contribution in [-0.2, 0) is 4.79 Å². The zero-order chi connectivity index (χ0) is 16.2. The molecule has 7 heteroatoms. The minimum absolute atomic E-state index is 0.0236. The van der Waals surface area contributed by atoms with E-state index < -0.39 is 24.1 Å². The first kappa shape index (κ1) is 17.2. The fourth-order valence-electron chi connectivity index (χ4n) is 1.69. The van der Waals surface area contributed by atoms with E-state index in [1.165, 1.54) is 32.0 Å². The highest BCUT2D eigenvalue weighted by molar-refractivity contribution is 5.74. The number of rotatable bonds is 7. The van der Waals surface area contributed by atoms with Crippen LogP contribution in [0.15, 0.2) is 18.2 Å². The van der Waals surface area contributed by atoms with Crippen molar-refractivity contribution in [1.82, 2.24) is 0 Å². The number of alkyl halides is 2. The van der Waals surface area contributed by atoms with E-state index in [0.717, 1.165) is 0 Å². The Balaban J connectivity index is 3.15. The van der Waals surface area contributed by atoms with Crippen molar-refractivity contribution in [3.8, 4) is 11.5 Å². The van der Waals surface area contributed by atoms with Crippen molar-refractivity contribution < 1.29 is 33.3 Å². The first-order valence-corrected chi connectivity index (χ1v) is 6.33. The minimum Gasteiger partial charge on any atom is -0.490 e. The first-order valence-electron chi connectivity index (χ1n) is 6.33. The van der Waals surface area contributed by atoms with Crippen LogP contribution in [0.1, 0.15) is 32.4 Å². The third-order valence-corrected chi connectivity index (χ3v) is 3.03. The lowest BCUT2D eigenvalue weighted by atomic mass is 9.83. The van der Waals surface area contributed by atoms with Crippen molar-refractivity contribution in [2.24, 2.45) is 5.41 Å².